The smallest absolute Gasteiger partial charge is 0.0405 e. The molecular formula is C11H17BrClNS. The minimum Gasteiger partial charge on any atom is -0.305 e. The molecule has 0 aliphatic rings. The number of hydrogen-bond donors (Lipinski definition) is 1. The number of alkyl halides is 1. The van der Waals surface area contributed by atoms with E-state index in [0.29, 0.717) is 5.88 Å². The third-order valence-electron chi connectivity index (χ3n) is 2.92. The molecule has 1 aromatic heterocycles. The van der Waals surface area contributed by atoms with Crippen LogP contribution in [0.5, 0.6) is 0 Å². The number of thiophene rings is 1. The van der Waals surface area contributed by atoms with Crippen molar-refractivity contribution in [1.29, 1.82) is 0 Å². The van der Waals surface area contributed by atoms with E-state index in [0.717, 1.165) is 19.4 Å². The number of halogens is 2. The van der Waals surface area contributed by atoms with Crippen LogP contribution in [0, 0.1) is 0 Å². The predicted molar refractivity (Wildman–Crippen MR) is 72.9 cm³/mol. The van der Waals surface area contributed by atoms with Crippen LogP contribution in [0.15, 0.2) is 15.9 Å². The van der Waals surface area contributed by atoms with E-state index in [-0.39, 0.29) is 5.54 Å². The van der Waals surface area contributed by atoms with Crippen LogP contribution in [-0.2, 0) is 6.54 Å². The number of rotatable bonds is 6. The summed E-state index contributed by atoms with van der Waals surface area (Å²) in [5.41, 5.74) is 0.0883. The van der Waals surface area contributed by atoms with Gasteiger partial charge in [0.2, 0.25) is 0 Å². The van der Waals surface area contributed by atoms with E-state index < -0.39 is 0 Å². The van der Waals surface area contributed by atoms with Crippen LogP contribution in [-0.4, -0.2) is 11.4 Å². The first-order valence-corrected chi connectivity index (χ1v) is 7.41. The fraction of sp³-hybridized carbons (Fsp3) is 0.636. The Morgan fingerprint density at radius 2 is 2.13 bits per heavy atom. The van der Waals surface area contributed by atoms with Gasteiger partial charge in [0, 0.05) is 27.3 Å². The Labute approximate surface area is 109 Å². The van der Waals surface area contributed by atoms with Crippen molar-refractivity contribution in [2.45, 2.75) is 38.8 Å². The van der Waals surface area contributed by atoms with Gasteiger partial charge in [0.1, 0.15) is 0 Å². The zero-order valence-electron chi connectivity index (χ0n) is 9.15. The second-order valence-electron chi connectivity index (χ2n) is 3.67. The molecule has 0 aliphatic heterocycles. The number of hydrogen-bond acceptors (Lipinski definition) is 2. The maximum absolute atomic E-state index is 6.03. The fourth-order valence-electron chi connectivity index (χ4n) is 1.46. The van der Waals surface area contributed by atoms with E-state index in [1.807, 2.05) is 0 Å². The van der Waals surface area contributed by atoms with Crippen molar-refractivity contribution in [3.8, 4) is 0 Å². The average Bonchev–Trinajstić information content (AvgIpc) is 2.67. The molecule has 15 heavy (non-hydrogen) atoms. The van der Waals surface area contributed by atoms with Crippen molar-refractivity contribution < 1.29 is 0 Å². The maximum atomic E-state index is 6.03. The third-order valence-corrected chi connectivity index (χ3v) is 5.36. The Balaban J connectivity index is 2.58. The van der Waals surface area contributed by atoms with Crippen molar-refractivity contribution in [2.24, 2.45) is 0 Å². The van der Waals surface area contributed by atoms with Gasteiger partial charge >= 0.3 is 0 Å². The topological polar surface area (TPSA) is 12.0 Å². The maximum Gasteiger partial charge on any atom is 0.0405 e. The van der Waals surface area contributed by atoms with Crippen LogP contribution in [0.4, 0.5) is 0 Å². The molecule has 4 heteroatoms. The monoisotopic (exact) mass is 309 g/mol. The third kappa shape index (κ3) is 3.45. The van der Waals surface area contributed by atoms with Gasteiger partial charge in [0.05, 0.1) is 0 Å². The number of nitrogens with one attached hydrogen (secondary N) is 1. The largest absolute Gasteiger partial charge is 0.305 e. The summed E-state index contributed by atoms with van der Waals surface area (Å²) in [5, 5.41) is 5.67. The highest BCUT2D eigenvalue weighted by Gasteiger charge is 2.24. The molecule has 1 aromatic rings. The Kier molecular flexibility index (Phi) is 5.61. The van der Waals surface area contributed by atoms with E-state index in [2.05, 4.69) is 46.5 Å². The molecule has 1 nitrogen and oxygen atoms in total. The van der Waals surface area contributed by atoms with Crippen LogP contribution in [0.2, 0.25) is 0 Å². The molecule has 0 unspecified atom stereocenters. The van der Waals surface area contributed by atoms with Crippen LogP contribution in [0.3, 0.4) is 0 Å². The molecule has 0 aromatic carbocycles. The van der Waals surface area contributed by atoms with E-state index >= 15 is 0 Å². The molecular weight excluding hydrogens is 294 g/mol. The molecule has 0 saturated heterocycles. The average molecular weight is 311 g/mol. The summed E-state index contributed by atoms with van der Waals surface area (Å²) in [6, 6.07) is 2.09. The molecule has 1 rings (SSSR count). The lowest BCUT2D eigenvalue weighted by molar-refractivity contribution is 0.335. The lowest BCUT2D eigenvalue weighted by atomic mass is 9.95. The first-order chi connectivity index (χ1) is 7.17. The normalized spacial score (nSPS) is 12.0. The lowest BCUT2D eigenvalue weighted by Gasteiger charge is -2.30. The Morgan fingerprint density at radius 1 is 1.47 bits per heavy atom. The van der Waals surface area contributed by atoms with Gasteiger partial charge in [0.15, 0.2) is 0 Å². The van der Waals surface area contributed by atoms with Crippen LogP contribution < -0.4 is 5.32 Å². The summed E-state index contributed by atoms with van der Waals surface area (Å²) >= 11 is 11.3. The van der Waals surface area contributed by atoms with E-state index in [4.69, 9.17) is 11.6 Å². The van der Waals surface area contributed by atoms with Crippen LogP contribution >= 0.6 is 38.9 Å². The lowest BCUT2D eigenvalue weighted by Crippen LogP contribution is -2.45. The summed E-state index contributed by atoms with van der Waals surface area (Å²) in [4.78, 5) is 1.34. The van der Waals surface area contributed by atoms with Gasteiger partial charge in [-0.1, -0.05) is 13.8 Å². The van der Waals surface area contributed by atoms with Gasteiger partial charge in [0.25, 0.3) is 0 Å². The minimum absolute atomic E-state index is 0.0883. The van der Waals surface area contributed by atoms with E-state index in [1.54, 1.807) is 11.3 Å². The highest BCUT2D eigenvalue weighted by atomic mass is 79.9. The summed E-state index contributed by atoms with van der Waals surface area (Å²) in [5.74, 6) is 0.670. The molecule has 0 bridgehead atoms. The van der Waals surface area contributed by atoms with Gasteiger partial charge in [-0.15, -0.1) is 22.9 Å². The van der Waals surface area contributed by atoms with Crippen molar-refractivity contribution in [3.05, 3.63) is 20.8 Å². The van der Waals surface area contributed by atoms with Gasteiger partial charge in [-0.2, -0.15) is 0 Å². The van der Waals surface area contributed by atoms with E-state index in [1.165, 1.54) is 9.35 Å². The molecule has 0 aliphatic carbocycles. The van der Waals surface area contributed by atoms with Gasteiger partial charge in [-0.05, 0) is 40.2 Å². The Bertz CT molecular complexity index is 288. The highest BCUT2D eigenvalue weighted by Crippen LogP contribution is 2.24. The van der Waals surface area contributed by atoms with Crippen molar-refractivity contribution in [2.75, 3.05) is 5.88 Å². The molecule has 1 N–H and O–H groups in total. The van der Waals surface area contributed by atoms with Gasteiger partial charge < -0.3 is 5.32 Å². The predicted octanol–water partition coefficient (Wildman–Crippen LogP) is 4.40. The van der Waals surface area contributed by atoms with Crippen molar-refractivity contribution in [3.63, 3.8) is 0 Å². The SMILES string of the molecule is CCC(CC)(CCl)NCc1sccc1Br. The first kappa shape index (κ1) is 13.5. The molecule has 0 fully saturated rings. The van der Waals surface area contributed by atoms with Crippen molar-refractivity contribution >= 4 is 38.9 Å². The molecule has 86 valence electrons. The molecule has 1 heterocycles. The standard InChI is InChI=1S/C11H17BrClNS/c1-3-11(4-2,8-13)14-7-10-9(12)5-6-15-10/h5-6,14H,3-4,7-8H2,1-2H3. The van der Waals surface area contributed by atoms with Crippen LogP contribution in [0.25, 0.3) is 0 Å². The Morgan fingerprint density at radius 3 is 2.53 bits per heavy atom. The summed E-state index contributed by atoms with van der Waals surface area (Å²) in [6.07, 6.45) is 2.13. The van der Waals surface area contributed by atoms with Crippen LogP contribution in [0.1, 0.15) is 31.6 Å². The molecule has 0 atom stereocenters. The van der Waals surface area contributed by atoms with Crippen molar-refractivity contribution in [1.82, 2.24) is 5.32 Å². The Hall–Kier alpha value is 0.430. The summed E-state index contributed by atoms with van der Waals surface area (Å²) in [6.45, 7) is 5.26. The fourth-order valence-corrected chi connectivity index (χ4v) is 3.36. The summed E-state index contributed by atoms with van der Waals surface area (Å²) in [7, 11) is 0. The molecule has 0 amide bonds. The summed E-state index contributed by atoms with van der Waals surface area (Å²) < 4.78 is 1.19. The van der Waals surface area contributed by atoms with Gasteiger partial charge in [-0.3, -0.25) is 0 Å². The second kappa shape index (κ2) is 6.24. The first-order valence-electron chi connectivity index (χ1n) is 5.20. The van der Waals surface area contributed by atoms with E-state index in [9.17, 15) is 0 Å². The quantitative estimate of drug-likeness (QED) is 0.768. The zero-order chi connectivity index (χ0) is 11.3. The van der Waals surface area contributed by atoms with Gasteiger partial charge in [-0.25, -0.2) is 0 Å². The molecule has 0 radical (unpaired) electrons. The zero-order valence-corrected chi connectivity index (χ0v) is 12.3. The highest BCUT2D eigenvalue weighted by molar-refractivity contribution is 9.10. The molecule has 0 spiro atoms. The second-order valence-corrected chi connectivity index (χ2v) is 5.79. The molecule has 0 saturated carbocycles. The minimum atomic E-state index is 0.0883.